The average Bonchev–Trinajstić information content (AvgIpc) is 3.04. The van der Waals surface area contributed by atoms with Crippen molar-refractivity contribution >= 4 is 49.7 Å². The van der Waals surface area contributed by atoms with Gasteiger partial charge in [-0.1, -0.05) is 56.1 Å². The van der Waals surface area contributed by atoms with E-state index in [0.29, 0.717) is 25.0 Å². The largest absolute Gasteiger partial charge is 0.350 e. The fraction of sp³-hybridized carbons (Fsp3) is 0.167. The molecular weight excluding hydrogens is 462 g/mol. The minimum Gasteiger partial charge on any atom is -0.350 e. The molecule has 0 aliphatic heterocycles. The minimum absolute atomic E-state index is 0.201. The minimum atomic E-state index is -0.201. The van der Waals surface area contributed by atoms with Crippen LogP contribution in [-0.2, 0) is 13.1 Å². The summed E-state index contributed by atoms with van der Waals surface area (Å²) in [5.41, 5.74) is 2.17. The highest BCUT2D eigenvalue weighted by atomic mass is 79.9. The highest BCUT2D eigenvalue weighted by Crippen LogP contribution is 2.15. The summed E-state index contributed by atoms with van der Waals surface area (Å²) >= 11 is 6.83. The van der Waals surface area contributed by atoms with Crippen LogP contribution in [-0.4, -0.2) is 20.7 Å². The van der Waals surface area contributed by atoms with E-state index in [-0.39, 0.29) is 5.91 Å². The molecule has 26 heavy (non-hydrogen) atoms. The van der Waals surface area contributed by atoms with Crippen molar-refractivity contribution in [3.05, 3.63) is 68.6 Å². The van der Waals surface area contributed by atoms with Crippen molar-refractivity contribution in [2.75, 3.05) is 10.6 Å². The number of anilines is 2. The smallest absolute Gasteiger partial charge is 0.247 e. The zero-order valence-electron chi connectivity index (χ0n) is 14.0. The number of aromatic nitrogens is 3. The van der Waals surface area contributed by atoms with Crippen LogP contribution < -0.4 is 10.6 Å². The van der Waals surface area contributed by atoms with E-state index in [1.54, 1.807) is 0 Å². The van der Waals surface area contributed by atoms with Gasteiger partial charge in [0.2, 0.25) is 17.8 Å². The average molecular weight is 479 g/mol. The summed E-state index contributed by atoms with van der Waals surface area (Å²) in [5.74, 6) is 0.618. The van der Waals surface area contributed by atoms with Crippen LogP contribution in [0.1, 0.15) is 22.8 Å². The number of carbonyl (C=O) groups is 1. The van der Waals surface area contributed by atoms with Gasteiger partial charge in [0.25, 0.3) is 0 Å². The molecule has 0 aliphatic carbocycles. The second-order valence-electron chi connectivity index (χ2n) is 5.65. The van der Waals surface area contributed by atoms with E-state index in [0.717, 1.165) is 20.1 Å². The Hall–Kier alpha value is -2.19. The molecule has 6 nitrogen and oxygen atoms in total. The first-order valence-corrected chi connectivity index (χ1v) is 9.54. The molecular formula is C18H17Br2N5O. The van der Waals surface area contributed by atoms with Crippen molar-refractivity contribution in [1.82, 2.24) is 14.8 Å². The Balaban J connectivity index is 1.68. The summed E-state index contributed by atoms with van der Waals surface area (Å²) in [7, 11) is 0. The first kappa shape index (κ1) is 18.6. The van der Waals surface area contributed by atoms with Gasteiger partial charge in [0.05, 0.1) is 0 Å². The van der Waals surface area contributed by atoms with Gasteiger partial charge in [-0.05, 0) is 35.4 Å². The van der Waals surface area contributed by atoms with Gasteiger partial charge in [-0.25, -0.2) is 0 Å². The number of rotatable bonds is 6. The van der Waals surface area contributed by atoms with E-state index in [1.807, 2.05) is 48.5 Å². The molecule has 0 amide bonds. The van der Waals surface area contributed by atoms with Crippen LogP contribution >= 0.6 is 31.9 Å². The number of nitrogens with zero attached hydrogens (tertiary/aromatic N) is 3. The van der Waals surface area contributed by atoms with Crippen molar-refractivity contribution in [3.63, 3.8) is 0 Å². The lowest BCUT2D eigenvalue weighted by Crippen LogP contribution is -2.13. The molecule has 0 aliphatic rings. The maximum Gasteiger partial charge on any atom is 0.247 e. The van der Waals surface area contributed by atoms with E-state index < -0.39 is 0 Å². The normalized spacial score (nSPS) is 10.6. The fourth-order valence-electron chi connectivity index (χ4n) is 2.29. The summed E-state index contributed by atoms with van der Waals surface area (Å²) in [5, 5.41) is 10.5. The van der Waals surface area contributed by atoms with Gasteiger partial charge in [0.15, 0.2) is 0 Å². The number of hydrogen-bond donors (Lipinski definition) is 2. The Kier molecular flexibility index (Phi) is 6.05. The van der Waals surface area contributed by atoms with Gasteiger partial charge in [-0.2, -0.15) is 9.67 Å². The number of nitrogens with one attached hydrogen (secondary N) is 2. The molecule has 0 unspecified atom stereocenters. The van der Waals surface area contributed by atoms with Crippen LogP contribution in [0.25, 0.3) is 0 Å². The molecule has 3 rings (SSSR count). The van der Waals surface area contributed by atoms with Crippen LogP contribution in [0.5, 0.6) is 0 Å². The van der Waals surface area contributed by atoms with Gasteiger partial charge < -0.3 is 10.6 Å². The van der Waals surface area contributed by atoms with Crippen LogP contribution in [0.3, 0.4) is 0 Å². The van der Waals surface area contributed by atoms with Gasteiger partial charge in [0, 0.05) is 29.0 Å². The highest BCUT2D eigenvalue weighted by Gasteiger charge is 2.13. The number of benzene rings is 2. The molecule has 1 aromatic heterocycles. The third-order valence-electron chi connectivity index (χ3n) is 3.63. The molecule has 1 heterocycles. The quantitative estimate of drug-likeness (QED) is 0.537. The van der Waals surface area contributed by atoms with Crippen LogP contribution in [0.15, 0.2) is 57.5 Å². The molecule has 0 saturated carbocycles. The van der Waals surface area contributed by atoms with Crippen molar-refractivity contribution in [2.45, 2.75) is 20.0 Å². The Morgan fingerprint density at radius 3 is 1.92 bits per heavy atom. The van der Waals surface area contributed by atoms with Gasteiger partial charge >= 0.3 is 0 Å². The Bertz CT molecular complexity index is 891. The van der Waals surface area contributed by atoms with Crippen LogP contribution in [0.4, 0.5) is 11.9 Å². The van der Waals surface area contributed by atoms with E-state index in [9.17, 15) is 4.79 Å². The molecule has 0 radical (unpaired) electrons. The lowest BCUT2D eigenvalue weighted by atomic mass is 10.2. The van der Waals surface area contributed by atoms with Crippen molar-refractivity contribution in [2.24, 2.45) is 0 Å². The summed E-state index contributed by atoms with van der Waals surface area (Å²) in [6.45, 7) is 2.57. The first-order chi connectivity index (χ1) is 12.5. The summed E-state index contributed by atoms with van der Waals surface area (Å²) in [6, 6.07) is 15.9. The SMILES string of the molecule is CC(=O)n1nc(NCc2ccc(Br)cc2)nc1NCc1ccc(Br)cc1. The first-order valence-electron chi connectivity index (χ1n) is 7.96. The Morgan fingerprint density at radius 2 is 1.42 bits per heavy atom. The van der Waals surface area contributed by atoms with Crippen molar-refractivity contribution in [1.29, 1.82) is 0 Å². The molecule has 3 aromatic rings. The summed E-state index contributed by atoms with van der Waals surface area (Å²) in [4.78, 5) is 16.2. The van der Waals surface area contributed by atoms with E-state index in [1.165, 1.54) is 11.6 Å². The van der Waals surface area contributed by atoms with Gasteiger partial charge in [-0.15, -0.1) is 5.10 Å². The molecule has 134 valence electrons. The second-order valence-corrected chi connectivity index (χ2v) is 7.48. The van der Waals surface area contributed by atoms with Gasteiger partial charge in [-0.3, -0.25) is 4.79 Å². The van der Waals surface area contributed by atoms with E-state index in [2.05, 4.69) is 52.6 Å². The zero-order valence-corrected chi connectivity index (χ0v) is 17.2. The fourth-order valence-corrected chi connectivity index (χ4v) is 2.82. The predicted molar refractivity (Wildman–Crippen MR) is 109 cm³/mol. The number of hydrogen-bond acceptors (Lipinski definition) is 5. The number of halogens is 2. The Morgan fingerprint density at radius 1 is 0.923 bits per heavy atom. The maximum atomic E-state index is 11.8. The molecule has 0 spiro atoms. The van der Waals surface area contributed by atoms with Crippen LogP contribution in [0, 0.1) is 0 Å². The van der Waals surface area contributed by atoms with Gasteiger partial charge in [0.1, 0.15) is 0 Å². The molecule has 8 heteroatoms. The monoisotopic (exact) mass is 477 g/mol. The Labute approximate surface area is 168 Å². The molecule has 0 atom stereocenters. The van der Waals surface area contributed by atoms with Crippen molar-refractivity contribution < 1.29 is 4.79 Å². The molecule has 0 bridgehead atoms. The topological polar surface area (TPSA) is 71.8 Å². The predicted octanol–water partition coefficient (Wildman–Crippen LogP) is 4.69. The molecule has 0 saturated heterocycles. The van der Waals surface area contributed by atoms with Crippen LogP contribution in [0.2, 0.25) is 0 Å². The maximum absolute atomic E-state index is 11.8. The zero-order chi connectivity index (χ0) is 18.5. The standard InChI is InChI=1S/C18H17Br2N5O/c1-12(26)25-18(22-11-14-4-8-16(20)9-5-14)23-17(24-25)21-10-13-2-6-15(19)7-3-13/h2-9H,10-11H2,1H3,(H2,21,22,23,24). The third kappa shape index (κ3) is 4.92. The highest BCUT2D eigenvalue weighted by molar-refractivity contribution is 9.10. The second kappa shape index (κ2) is 8.46. The molecule has 2 aromatic carbocycles. The lowest BCUT2D eigenvalue weighted by molar-refractivity contribution is 0.0924. The third-order valence-corrected chi connectivity index (χ3v) is 4.69. The van der Waals surface area contributed by atoms with E-state index >= 15 is 0 Å². The lowest BCUT2D eigenvalue weighted by Gasteiger charge is -2.05. The summed E-state index contributed by atoms with van der Waals surface area (Å²) in [6.07, 6.45) is 0. The molecule has 0 fully saturated rings. The number of carbonyl (C=O) groups excluding carboxylic acids is 1. The van der Waals surface area contributed by atoms with E-state index in [4.69, 9.17) is 0 Å². The molecule has 2 N–H and O–H groups in total. The van der Waals surface area contributed by atoms with Crippen molar-refractivity contribution in [3.8, 4) is 0 Å². The summed E-state index contributed by atoms with van der Waals surface area (Å²) < 4.78 is 3.32.